The predicted molar refractivity (Wildman–Crippen MR) is 75.2 cm³/mol. The van der Waals surface area contributed by atoms with Gasteiger partial charge < -0.3 is 15.3 Å². The Morgan fingerprint density at radius 3 is 2.82 bits per heavy atom. The fourth-order valence-corrected chi connectivity index (χ4v) is 2.57. The monoisotopic (exact) mass is 312 g/mol. The third kappa shape index (κ3) is 3.52. The van der Waals surface area contributed by atoms with E-state index >= 15 is 0 Å². The van der Waals surface area contributed by atoms with Crippen molar-refractivity contribution < 1.29 is 23.5 Å². The molecule has 22 heavy (non-hydrogen) atoms. The molecule has 2 N–H and O–H groups in total. The number of carbonyl (C=O) groups excluding carboxylic acids is 1. The molecule has 1 aliphatic rings. The molecule has 1 heterocycles. The van der Waals surface area contributed by atoms with Crippen LogP contribution in [0.25, 0.3) is 0 Å². The van der Waals surface area contributed by atoms with Crippen molar-refractivity contribution in [2.45, 2.75) is 25.8 Å². The molecule has 2 amide bonds. The molecular weight excluding hydrogens is 294 g/mol. The number of halogens is 2. The Kier molecular flexibility index (Phi) is 4.95. The lowest BCUT2D eigenvalue weighted by molar-refractivity contribution is -0.143. The highest BCUT2D eigenvalue weighted by Crippen LogP contribution is 2.21. The van der Waals surface area contributed by atoms with Crippen LogP contribution < -0.4 is 5.32 Å². The van der Waals surface area contributed by atoms with Gasteiger partial charge in [0.15, 0.2) is 11.6 Å². The van der Waals surface area contributed by atoms with Crippen molar-refractivity contribution in [2.75, 3.05) is 13.1 Å². The molecule has 0 radical (unpaired) electrons. The Morgan fingerprint density at radius 1 is 1.41 bits per heavy atom. The number of nitrogens with zero attached hydrogens (tertiary/aromatic N) is 1. The molecule has 5 nitrogen and oxygen atoms in total. The first-order valence-electron chi connectivity index (χ1n) is 7.12. The Labute approximate surface area is 126 Å². The average molecular weight is 312 g/mol. The Bertz CT molecular complexity index is 580. The lowest BCUT2D eigenvalue weighted by Gasteiger charge is -2.31. The van der Waals surface area contributed by atoms with Gasteiger partial charge in [-0.15, -0.1) is 0 Å². The van der Waals surface area contributed by atoms with E-state index in [4.69, 9.17) is 5.11 Å². The van der Waals surface area contributed by atoms with Crippen molar-refractivity contribution in [3.05, 3.63) is 35.4 Å². The SMILES string of the molecule is CC(NC(=O)N1CCCC(C(=O)O)C1)c1cccc(F)c1F. The zero-order valence-electron chi connectivity index (χ0n) is 12.2. The molecule has 1 saturated heterocycles. The third-order valence-corrected chi connectivity index (χ3v) is 3.85. The number of rotatable bonds is 3. The zero-order chi connectivity index (χ0) is 16.3. The number of benzene rings is 1. The normalized spacial score (nSPS) is 19.6. The Balaban J connectivity index is 2.02. The molecule has 0 aliphatic carbocycles. The maximum atomic E-state index is 13.7. The van der Waals surface area contributed by atoms with Gasteiger partial charge in [0, 0.05) is 18.7 Å². The van der Waals surface area contributed by atoms with Crippen LogP contribution in [0, 0.1) is 17.6 Å². The highest BCUT2D eigenvalue weighted by Gasteiger charge is 2.29. The fourth-order valence-electron chi connectivity index (χ4n) is 2.57. The van der Waals surface area contributed by atoms with Crippen LogP contribution in [0.15, 0.2) is 18.2 Å². The molecule has 1 aromatic carbocycles. The second kappa shape index (κ2) is 6.72. The topological polar surface area (TPSA) is 69.6 Å². The molecule has 2 atom stereocenters. The Morgan fingerprint density at radius 2 is 2.14 bits per heavy atom. The van der Waals surface area contributed by atoms with Gasteiger partial charge in [-0.25, -0.2) is 13.6 Å². The Hall–Kier alpha value is -2.18. The predicted octanol–water partition coefficient (Wildman–Crippen LogP) is 2.53. The lowest BCUT2D eigenvalue weighted by Crippen LogP contribution is -2.47. The van der Waals surface area contributed by atoms with Crippen molar-refractivity contribution in [3.63, 3.8) is 0 Å². The number of hydrogen-bond acceptors (Lipinski definition) is 2. The van der Waals surface area contributed by atoms with E-state index in [1.165, 1.54) is 17.0 Å². The minimum atomic E-state index is -0.989. The molecule has 1 fully saturated rings. The van der Waals surface area contributed by atoms with E-state index in [9.17, 15) is 18.4 Å². The van der Waals surface area contributed by atoms with E-state index in [1.54, 1.807) is 6.92 Å². The van der Waals surface area contributed by atoms with Crippen LogP contribution in [0.2, 0.25) is 0 Å². The number of carbonyl (C=O) groups is 2. The number of nitrogens with one attached hydrogen (secondary N) is 1. The number of amides is 2. The standard InChI is InChI=1S/C15H18F2N2O3/c1-9(11-5-2-6-12(16)13(11)17)18-15(22)19-7-3-4-10(8-19)14(20)21/h2,5-6,9-10H,3-4,7-8H2,1H3,(H,18,22)(H,20,21). The molecule has 2 unspecified atom stereocenters. The molecule has 7 heteroatoms. The van der Waals surface area contributed by atoms with Crippen molar-refractivity contribution in [3.8, 4) is 0 Å². The number of likely N-dealkylation sites (tertiary alicyclic amines) is 1. The van der Waals surface area contributed by atoms with Gasteiger partial charge in [0.25, 0.3) is 0 Å². The van der Waals surface area contributed by atoms with E-state index in [1.807, 2.05) is 0 Å². The first-order valence-corrected chi connectivity index (χ1v) is 7.12. The molecule has 120 valence electrons. The number of carboxylic acids is 1. The molecule has 1 aromatic rings. The first kappa shape index (κ1) is 16.2. The number of carboxylic acid groups (broad SMARTS) is 1. The molecule has 0 bridgehead atoms. The van der Waals surface area contributed by atoms with Gasteiger partial charge in [0.1, 0.15) is 0 Å². The van der Waals surface area contributed by atoms with E-state index in [-0.39, 0.29) is 12.1 Å². The summed E-state index contributed by atoms with van der Waals surface area (Å²) in [4.78, 5) is 24.5. The number of hydrogen-bond donors (Lipinski definition) is 2. The van der Waals surface area contributed by atoms with Crippen LogP contribution >= 0.6 is 0 Å². The van der Waals surface area contributed by atoms with Gasteiger partial charge in [0.2, 0.25) is 0 Å². The summed E-state index contributed by atoms with van der Waals surface area (Å²) in [6.07, 6.45) is 1.14. The second-order valence-corrected chi connectivity index (χ2v) is 5.44. The van der Waals surface area contributed by atoms with Crippen molar-refractivity contribution in [1.29, 1.82) is 0 Å². The van der Waals surface area contributed by atoms with Crippen molar-refractivity contribution in [2.24, 2.45) is 5.92 Å². The van der Waals surface area contributed by atoms with Gasteiger partial charge in [-0.05, 0) is 25.8 Å². The van der Waals surface area contributed by atoms with E-state index in [2.05, 4.69) is 5.32 Å². The van der Waals surface area contributed by atoms with E-state index in [0.29, 0.717) is 19.4 Å². The summed E-state index contributed by atoms with van der Waals surface area (Å²) < 4.78 is 26.9. The van der Waals surface area contributed by atoms with Crippen LogP contribution in [0.3, 0.4) is 0 Å². The molecule has 2 rings (SSSR count). The van der Waals surface area contributed by atoms with Crippen LogP contribution in [0.1, 0.15) is 31.4 Å². The molecule has 1 aliphatic heterocycles. The van der Waals surface area contributed by atoms with Crippen LogP contribution in [0.4, 0.5) is 13.6 Å². The molecule has 0 saturated carbocycles. The number of urea groups is 1. The summed E-state index contributed by atoms with van der Waals surface area (Å²) in [6.45, 7) is 2.13. The quantitative estimate of drug-likeness (QED) is 0.901. The maximum Gasteiger partial charge on any atom is 0.317 e. The summed E-state index contributed by atoms with van der Waals surface area (Å²) in [5.41, 5.74) is 0.0557. The third-order valence-electron chi connectivity index (χ3n) is 3.85. The van der Waals surface area contributed by atoms with Gasteiger partial charge in [-0.2, -0.15) is 0 Å². The minimum Gasteiger partial charge on any atom is -0.481 e. The summed E-state index contributed by atoms with van der Waals surface area (Å²) in [7, 11) is 0. The smallest absolute Gasteiger partial charge is 0.317 e. The van der Waals surface area contributed by atoms with Crippen LogP contribution in [-0.2, 0) is 4.79 Å². The molecule has 0 spiro atoms. The average Bonchev–Trinajstić information content (AvgIpc) is 2.50. The van der Waals surface area contributed by atoms with Crippen LogP contribution in [-0.4, -0.2) is 35.1 Å². The highest BCUT2D eigenvalue weighted by molar-refractivity contribution is 5.77. The summed E-state index contributed by atoms with van der Waals surface area (Å²) >= 11 is 0. The largest absolute Gasteiger partial charge is 0.481 e. The van der Waals surface area contributed by atoms with E-state index in [0.717, 1.165) is 6.07 Å². The first-order chi connectivity index (χ1) is 10.4. The lowest BCUT2D eigenvalue weighted by atomic mass is 9.98. The maximum absolute atomic E-state index is 13.7. The van der Waals surface area contributed by atoms with Crippen molar-refractivity contribution in [1.82, 2.24) is 10.2 Å². The van der Waals surface area contributed by atoms with Gasteiger partial charge >= 0.3 is 12.0 Å². The zero-order valence-corrected chi connectivity index (χ0v) is 12.2. The minimum absolute atomic E-state index is 0.0557. The second-order valence-electron chi connectivity index (χ2n) is 5.44. The summed E-state index contributed by atoms with van der Waals surface area (Å²) in [5.74, 6) is -3.47. The summed E-state index contributed by atoms with van der Waals surface area (Å²) in [6, 6.07) is 2.60. The molecule has 0 aromatic heterocycles. The number of piperidine rings is 1. The van der Waals surface area contributed by atoms with Crippen molar-refractivity contribution >= 4 is 12.0 Å². The highest BCUT2D eigenvalue weighted by atomic mass is 19.2. The van der Waals surface area contributed by atoms with E-state index < -0.39 is 35.6 Å². The fraction of sp³-hybridized carbons (Fsp3) is 0.467. The van der Waals surface area contributed by atoms with Gasteiger partial charge in [-0.1, -0.05) is 12.1 Å². The number of aliphatic carboxylic acids is 1. The molecular formula is C15H18F2N2O3. The summed E-state index contributed by atoms with van der Waals surface area (Å²) in [5, 5.41) is 11.6. The van der Waals surface area contributed by atoms with Crippen LogP contribution in [0.5, 0.6) is 0 Å². The van der Waals surface area contributed by atoms with Gasteiger partial charge in [-0.3, -0.25) is 4.79 Å². The van der Waals surface area contributed by atoms with Gasteiger partial charge in [0.05, 0.1) is 12.0 Å².